The van der Waals surface area contributed by atoms with Crippen LogP contribution < -0.4 is 4.90 Å². The molecule has 1 amide bonds. The first-order chi connectivity index (χ1) is 13.6. The van der Waals surface area contributed by atoms with Crippen molar-refractivity contribution in [2.45, 2.75) is 32.9 Å². The third kappa shape index (κ3) is 3.31. The van der Waals surface area contributed by atoms with Gasteiger partial charge in [0.05, 0.1) is 12.6 Å². The summed E-state index contributed by atoms with van der Waals surface area (Å²) >= 11 is 0. The van der Waals surface area contributed by atoms with Gasteiger partial charge in [-0.15, -0.1) is 10.2 Å². The number of rotatable bonds is 6. The van der Waals surface area contributed by atoms with E-state index in [9.17, 15) is 4.79 Å². The lowest BCUT2D eigenvalue weighted by atomic mass is 10.0. The summed E-state index contributed by atoms with van der Waals surface area (Å²) in [6.07, 6.45) is 2.17. The lowest BCUT2D eigenvalue weighted by molar-refractivity contribution is 0.0608. The molecule has 1 unspecified atom stereocenters. The van der Waals surface area contributed by atoms with E-state index in [1.165, 1.54) is 0 Å². The molecule has 0 spiro atoms. The van der Waals surface area contributed by atoms with E-state index in [2.05, 4.69) is 29.3 Å². The minimum absolute atomic E-state index is 0.0529. The summed E-state index contributed by atoms with van der Waals surface area (Å²) in [5.74, 6) is 0.918. The Morgan fingerprint density at radius 2 is 2.04 bits per heavy atom. The number of aromatic nitrogens is 3. The number of hydrogen-bond acceptors (Lipinski definition) is 4. The Labute approximate surface area is 164 Å². The minimum Gasteiger partial charge on any atom is -0.373 e. The van der Waals surface area contributed by atoms with Crippen LogP contribution in [0.15, 0.2) is 48.8 Å². The highest BCUT2D eigenvalue weighted by atomic mass is 16.5. The van der Waals surface area contributed by atoms with Gasteiger partial charge in [-0.25, -0.2) is 0 Å². The van der Waals surface area contributed by atoms with Crippen molar-refractivity contribution in [2.24, 2.45) is 7.05 Å². The molecule has 0 N–H and O–H groups in total. The van der Waals surface area contributed by atoms with Crippen LogP contribution in [0.25, 0.3) is 0 Å². The van der Waals surface area contributed by atoms with Crippen molar-refractivity contribution < 1.29 is 9.53 Å². The largest absolute Gasteiger partial charge is 0.373 e. The molecule has 0 bridgehead atoms. The number of ether oxygens (including phenoxy) is 1. The highest BCUT2D eigenvalue weighted by molar-refractivity contribution is 6.10. The van der Waals surface area contributed by atoms with Crippen molar-refractivity contribution in [3.05, 3.63) is 76.9 Å². The molecule has 6 nitrogen and oxygen atoms in total. The van der Waals surface area contributed by atoms with E-state index in [0.29, 0.717) is 19.6 Å². The molecule has 6 heteroatoms. The van der Waals surface area contributed by atoms with Crippen molar-refractivity contribution in [1.29, 1.82) is 0 Å². The Hall–Kier alpha value is -2.99. The Kier molecular flexibility index (Phi) is 4.96. The second-order valence-electron chi connectivity index (χ2n) is 7.09. The molecule has 0 saturated carbocycles. The minimum atomic E-state index is -0.144. The standard InChI is InChI=1S/C22H24N4O2/c1-4-28-20(12-21-24-23-14-25(21)3)16-8-6-9-17(11-16)26-13-19-15(2)7-5-10-18(19)22(26)27/h5-11,14,20H,4,12-13H2,1-3H3. The van der Waals surface area contributed by atoms with E-state index in [4.69, 9.17) is 4.74 Å². The van der Waals surface area contributed by atoms with Crippen LogP contribution in [-0.2, 0) is 24.8 Å². The smallest absolute Gasteiger partial charge is 0.258 e. The number of carbonyl (C=O) groups is 1. The molecule has 1 aliphatic rings. The predicted octanol–water partition coefficient (Wildman–Crippen LogP) is 3.60. The summed E-state index contributed by atoms with van der Waals surface area (Å²) in [7, 11) is 1.93. The molecule has 0 saturated heterocycles. The van der Waals surface area contributed by atoms with Crippen LogP contribution in [0, 0.1) is 6.92 Å². The van der Waals surface area contributed by atoms with Crippen molar-refractivity contribution in [1.82, 2.24) is 14.8 Å². The molecule has 1 aliphatic heterocycles. The van der Waals surface area contributed by atoms with E-state index < -0.39 is 0 Å². The van der Waals surface area contributed by atoms with E-state index in [0.717, 1.165) is 33.8 Å². The number of aryl methyl sites for hydroxylation is 2. The van der Waals surface area contributed by atoms with Gasteiger partial charge in [0, 0.05) is 31.3 Å². The molecular weight excluding hydrogens is 352 g/mol. The van der Waals surface area contributed by atoms with Crippen molar-refractivity contribution >= 4 is 11.6 Å². The van der Waals surface area contributed by atoms with Gasteiger partial charge in [0.25, 0.3) is 5.91 Å². The number of benzene rings is 2. The van der Waals surface area contributed by atoms with Crippen molar-refractivity contribution in [3.8, 4) is 0 Å². The van der Waals surface area contributed by atoms with Crippen LogP contribution in [0.5, 0.6) is 0 Å². The lowest BCUT2D eigenvalue weighted by Gasteiger charge is -2.21. The SMILES string of the molecule is CCOC(Cc1nncn1C)c1cccc(N2Cc3c(C)cccc3C2=O)c1. The van der Waals surface area contributed by atoms with Crippen LogP contribution in [0.3, 0.4) is 0 Å². The van der Waals surface area contributed by atoms with E-state index in [1.807, 2.05) is 53.8 Å². The van der Waals surface area contributed by atoms with Crippen LogP contribution in [0.2, 0.25) is 0 Å². The van der Waals surface area contributed by atoms with Gasteiger partial charge < -0.3 is 14.2 Å². The average Bonchev–Trinajstić information content (AvgIpc) is 3.26. The third-order valence-electron chi connectivity index (χ3n) is 5.30. The molecule has 2 aromatic carbocycles. The number of amides is 1. The number of fused-ring (bicyclic) bond motifs is 1. The van der Waals surface area contributed by atoms with Crippen LogP contribution >= 0.6 is 0 Å². The number of nitrogens with zero attached hydrogens (tertiary/aromatic N) is 4. The van der Waals surface area contributed by atoms with Crippen molar-refractivity contribution in [2.75, 3.05) is 11.5 Å². The zero-order valence-electron chi connectivity index (χ0n) is 16.4. The second-order valence-corrected chi connectivity index (χ2v) is 7.09. The topological polar surface area (TPSA) is 60.3 Å². The summed E-state index contributed by atoms with van der Waals surface area (Å²) in [5, 5.41) is 8.14. The Morgan fingerprint density at radius 3 is 2.75 bits per heavy atom. The van der Waals surface area contributed by atoms with Gasteiger partial charge in [0.2, 0.25) is 0 Å². The number of hydrogen-bond donors (Lipinski definition) is 0. The first-order valence-corrected chi connectivity index (χ1v) is 9.53. The lowest BCUT2D eigenvalue weighted by Crippen LogP contribution is -2.23. The summed E-state index contributed by atoms with van der Waals surface area (Å²) < 4.78 is 7.90. The molecular formula is C22H24N4O2. The Bertz CT molecular complexity index is 1010. The highest BCUT2D eigenvalue weighted by Gasteiger charge is 2.29. The van der Waals surface area contributed by atoms with Gasteiger partial charge in [-0.3, -0.25) is 4.79 Å². The van der Waals surface area contributed by atoms with E-state index >= 15 is 0 Å². The first kappa shape index (κ1) is 18.4. The maximum atomic E-state index is 12.9. The molecule has 1 aromatic heterocycles. The van der Waals surface area contributed by atoms with Gasteiger partial charge >= 0.3 is 0 Å². The second kappa shape index (κ2) is 7.56. The quantitative estimate of drug-likeness (QED) is 0.659. The van der Waals surface area contributed by atoms with E-state index in [-0.39, 0.29) is 12.0 Å². The molecule has 4 rings (SSSR count). The molecule has 0 aliphatic carbocycles. The van der Waals surface area contributed by atoms with Gasteiger partial charge in [0.1, 0.15) is 12.2 Å². The number of anilines is 1. The summed E-state index contributed by atoms with van der Waals surface area (Å²) in [4.78, 5) is 14.8. The average molecular weight is 376 g/mol. The molecule has 1 atom stereocenters. The van der Waals surface area contributed by atoms with Gasteiger partial charge in [-0.2, -0.15) is 0 Å². The highest BCUT2D eigenvalue weighted by Crippen LogP contribution is 2.32. The number of carbonyl (C=O) groups excluding carboxylic acids is 1. The maximum absolute atomic E-state index is 12.9. The van der Waals surface area contributed by atoms with Crippen molar-refractivity contribution in [3.63, 3.8) is 0 Å². The van der Waals surface area contributed by atoms with Gasteiger partial charge in [-0.1, -0.05) is 24.3 Å². The van der Waals surface area contributed by atoms with Gasteiger partial charge in [-0.05, 0) is 48.7 Å². The van der Waals surface area contributed by atoms with Crippen LogP contribution in [0.4, 0.5) is 5.69 Å². The fourth-order valence-electron chi connectivity index (χ4n) is 3.72. The Balaban J connectivity index is 1.63. The summed E-state index contributed by atoms with van der Waals surface area (Å²) in [5.41, 5.74) is 4.98. The normalized spacial score (nSPS) is 14.4. The monoisotopic (exact) mass is 376 g/mol. The summed E-state index contributed by atoms with van der Waals surface area (Å²) in [6, 6.07) is 14.0. The fourth-order valence-corrected chi connectivity index (χ4v) is 3.72. The fraction of sp³-hybridized carbons (Fsp3) is 0.318. The van der Waals surface area contributed by atoms with E-state index in [1.54, 1.807) is 6.33 Å². The Morgan fingerprint density at radius 1 is 1.21 bits per heavy atom. The molecule has 3 aromatic rings. The molecule has 0 fully saturated rings. The first-order valence-electron chi connectivity index (χ1n) is 9.53. The third-order valence-corrected chi connectivity index (χ3v) is 5.30. The van der Waals surface area contributed by atoms with Crippen LogP contribution in [-0.4, -0.2) is 27.3 Å². The zero-order chi connectivity index (χ0) is 19.7. The zero-order valence-corrected chi connectivity index (χ0v) is 16.4. The maximum Gasteiger partial charge on any atom is 0.258 e. The molecule has 28 heavy (non-hydrogen) atoms. The van der Waals surface area contributed by atoms with Crippen LogP contribution in [0.1, 0.15) is 45.9 Å². The molecule has 2 heterocycles. The van der Waals surface area contributed by atoms with Gasteiger partial charge in [0.15, 0.2) is 0 Å². The summed E-state index contributed by atoms with van der Waals surface area (Å²) in [6.45, 7) is 5.24. The molecule has 144 valence electrons. The molecule has 0 radical (unpaired) electrons. The predicted molar refractivity (Wildman–Crippen MR) is 107 cm³/mol.